The highest BCUT2D eigenvalue weighted by atomic mass is 32.1. The van der Waals surface area contributed by atoms with Gasteiger partial charge < -0.3 is 0 Å². The molecule has 0 atom stereocenters. The van der Waals surface area contributed by atoms with Crippen molar-refractivity contribution in [2.45, 2.75) is 0 Å². The summed E-state index contributed by atoms with van der Waals surface area (Å²) in [6.07, 6.45) is 0. The van der Waals surface area contributed by atoms with E-state index in [1.165, 1.54) is 58.8 Å². The lowest BCUT2D eigenvalue weighted by Gasteiger charge is -2.07. The summed E-state index contributed by atoms with van der Waals surface area (Å²) in [5.74, 6) is 0. The van der Waals surface area contributed by atoms with Gasteiger partial charge in [0.05, 0.1) is 10.2 Å². The van der Waals surface area contributed by atoms with Gasteiger partial charge in [-0.2, -0.15) is 0 Å². The van der Waals surface area contributed by atoms with E-state index in [0.717, 1.165) is 10.5 Å². The quantitative estimate of drug-likeness (QED) is 0.214. The Bertz CT molecular complexity index is 2030. The standard InChI is InChI=1S/C37H24NPS/c1-3-10-25(11-4-1)27-18-20-34-31(23-27)32-24-28(26-12-5-2-6-13-26)19-21-35(32)39(34)30-15-9-14-29(22-30)37-38-33-16-7-8-17-36(33)40-37/h1-24H. The summed E-state index contributed by atoms with van der Waals surface area (Å²) >= 11 is 1.77. The summed E-state index contributed by atoms with van der Waals surface area (Å²) < 4.78 is 1.23. The smallest absolute Gasteiger partial charge is 0.124 e. The molecule has 8 rings (SSSR count). The van der Waals surface area contributed by atoms with Gasteiger partial charge in [-0.25, -0.2) is 4.98 Å². The zero-order chi connectivity index (χ0) is 26.5. The van der Waals surface area contributed by atoms with Gasteiger partial charge in [-0.15, -0.1) is 11.3 Å². The number of thiazole rings is 1. The number of hydrogen-bond donors (Lipinski definition) is 0. The molecule has 0 amide bonds. The largest absolute Gasteiger partial charge is 0.236 e. The average molecular weight is 546 g/mol. The van der Waals surface area contributed by atoms with Gasteiger partial charge in [-0.05, 0) is 80.8 Å². The maximum atomic E-state index is 4.96. The third kappa shape index (κ3) is 3.97. The number of fused-ring (bicyclic) bond motifs is 4. The molecule has 0 bridgehead atoms. The number of rotatable bonds is 4. The van der Waals surface area contributed by atoms with Gasteiger partial charge in [0.15, 0.2) is 0 Å². The topological polar surface area (TPSA) is 12.9 Å². The Morgan fingerprint density at radius 3 is 1.65 bits per heavy atom. The first kappa shape index (κ1) is 23.4. The second kappa shape index (κ2) is 9.61. The van der Waals surface area contributed by atoms with Gasteiger partial charge in [0.1, 0.15) is 5.01 Å². The minimum absolute atomic E-state index is 0.688. The van der Waals surface area contributed by atoms with Gasteiger partial charge in [-0.3, -0.25) is 0 Å². The molecule has 188 valence electrons. The van der Waals surface area contributed by atoms with Crippen LogP contribution in [0.3, 0.4) is 0 Å². The molecule has 2 heterocycles. The summed E-state index contributed by atoms with van der Waals surface area (Å²) in [7, 11) is -0.688. The van der Waals surface area contributed by atoms with E-state index in [1.807, 2.05) is 0 Å². The van der Waals surface area contributed by atoms with Crippen LogP contribution in [0.2, 0.25) is 0 Å². The van der Waals surface area contributed by atoms with E-state index in [9.17, 15) is 0 Å². The van der Waals surface area contributed by atoms with Gasteiger partial charge >= 0.3 is 0 Å². The molecule has 0 N–H and O–H groups in total. The first-order chi connectivity index (χ1) is 19.8. The highest BCUT2D eigenvalue weighted by Gasteiger charge is 2.17. The molecule has 0 aliphatic rings. The van der Waals surface area contributed by atoms with Crippen molar-refractivity contribution in [2.24, 2.45) is 0 Å². The molecule has 0 saturated heterocycles. The summed E-state index contributed by atoms with van der Waals surface area (Å²) in [5, 5.41) is 8.01. The molecule has 0 aliphatic heterocycles. The number of nitrogens with zero attached hydrogens (tertiary/aromatic N) is 1. The van der Waals surface area contributed by atoms with E-state index >= 15 is 0 Å². The van der Waals surface area contributed by atoms with Crippen LogP contribution >= 0.6 is 18.9 Å². The first-order valence-electron chi connectivity index (χ1n) is 13.5. The lowest BCUT2D eigenvalue weighted by molar-refractivity contribution is 1.48. The van der Waals surface area contributed by atoms with Crippen molar-refractivity contribution in [3.63, 3.8) is 0 Å². The fourth-order valence-corrected chi connectivity index (χ4v) is 9.28. The molecular weight excluding hydrogens is 521 g/mol. The molecule has 3 heteroatoms. The van der Waals surface area contributed by atoms with E-state index in [4.69, 9.17) is 4.98 Å². The van der Waals surface area contributed by atoms with Crippen LogP contribution in [-0.4, -0.2) is 4.98 Å². The summed E-state index contributed by atoms with van der Waals surface area (Å²) in [6, 6.07) is 53.0. The van der Waals surface area contributed by atoms with Crippen molar-refractivity contribution in [3.8, 4) is 38.1 Å². The van der Waals surface area contributed by atoms with Crippen molar-refractivity contribution in [2.75, 3.05) is 0 Å². The molecule has 2 aromatic heterocycles. The molecule has 0 radical (unpaired) electrons. The van der Waals surface area contributed by atoms with Gasteiger partial charge in [0, 0.05) is 15.8 Å². The number of aromatic nitrogens is 1. The number of hydrogen-bond acceptors (Lipinski definition) is 2. The summed E-state index contributed by atoms with van der Waals surface area (Å²) in [4.78, 5) is 4.96. The lowest BCUT2D eigenvalue weighted by Crippen LogP contribution is -1.78. The summed E-state index contributed by atoms with van der Waals surface area (Å²) in [5.41, 5.74) is 7.28. The van der Waals surface area contributed by atoms with Crippen molar-refractivity contribution in [3.05, 3.63) is 146 Å². The average Bonchev–Trinajstić information content (AvgIpc) is 3.61. The Balaban J connectivity index is 1.36. The van der Waals surface area contributed by atoms with E-state index in [1.54, 1.807) is 11.3 Å². The Labute approximate surface area is 238 Å². The number of benzene rings is 6. The molecule has 0 unspecified atom stereocenters. The van der Waals surface area contributed by atoms with Gasteiger partial charge in [0.2, 0.25) is 0 Å². The number of para-hydroxylation sites is 1. The van der Waals surface area contributed by atoms with Gasteiger partial charge in [0.25, 0.3) is 0 Å². The Hall–Kier alpha value is -4.49. The van der Waals surface area contributed by atoms with Crippen molar-refractivity contribution in [1.29, 1.82) is 0 Å². The second-order valence-corrected chi connectivity index (χ2v) is 13.2. The first-order valence-corrected chi connectivity index (χ1v) is 15.6. The fraction of sp³-hybridized carbons (Fsp3) is 0. The van der Waals surface area contributed by atoms with Crippen LogP contribution in [0.15, 0.2) is 146 Å². The van der Waals surface area contributed by atoms with Crippen LogP contribution in [0.25, 0.3) is 69.4 Å². The maximum absolute atomic E-state index is 4.96. The highest BCUT2D eigenvalue weighted by molar-refractivity contribution is 7.67. The van der Waals surface area contributed by atoms with Crippen molar-refractivity contribution < 1.29 is 0 Å². The fourth-order valence-electron chi connectivity index (χ4n) is 5.70. The van der Waals surface area contributed by atoms with E-state index in [-0.39, 0.29) is 0 Å². The van der Waals surface area contributed by atoms with E-state index in [0.29, 0.717) is 0 Å². The van der Waals surface area contributed by atoms with Crippen LogP contribution in [0.1, 0.15) is 0 Å². The molecule has 40 heavy (non-hydrogen) atoms. The van der Waals surface area contributed by atoms with Crippen LogP contribution in [0, 0.1) is 0 Å². The van der Waals surface area contributed by atoms with Crippen LogP contribution in [0.4, 0.5) is 0 Å². The van der Waals surface area contributed by atoms with Crippen LogP contribution in [-0.2, 0) is 0 Å². The predicted molar refractivity (Wildman–Crippen MR) is 175 cm³/mol. The van der Waals surface area contributed by atoms with Crippen molar-refractivity contribution >= 4 is 50.1 Å². The molecule has 0 saturated carbocycles. The molecule has 0 fully saturated rings. The zero-order valence-corrected chi connectivity index (χ0v) is 23.4. The Morgan fingerprint density at radius 1 is 0.450 bits per heavy atom. The molecule has 0 aliphatic carbocycles. The Kier molecular flexibility index (Phi) is 5.62. The SMILES string of the molecule is c1ccc(-c2ccc3c(c2)c2cc(-c4ccccc4)ccc2p3-c2cccc(-c3nc4ccccc4s3)c2)cc1. The third-order valence-corrected chi connectivity index (χ3v) is 11.2. The molecule has 8 aromatic rings. The Morgan fingerprint density at radius 2 is 1.02 bits per heavy atom. The lowest BCUT2D eigenvalue weighted by atomic mass is 10.0. The molecule has 6 aromatic carbocycles. The predicted octanol–water partition coefficient (Wildman–Crippen LogP) is 11.6. The zero-order valence-electron chi connectivity index (χ0n) is 21.7. The molecule has 0 spiro atoms. The second-order valence-electron chi connectivity index (χ2n) is 10.1. The minimum Gasteiger partial charge on any atom is -0.236 e. The van der Waals surface area contributed by atoms with E-state index < -0.39 is 7.53 Å². The third-order valence-electron chi connectivity index (χ3n) is 7.62. The van der Waals surface area contributed by atoms with Crippen LogP contribution < -0.4 is 0 Å². The molecular formula is C37H24NPS. The molecule has 1 nitrogen and oxygen atoms in total. The van der Waals surface area contributed by atoms with Gasteiger partial charge in [-0.1, -0.05) is 111 Å². The van der Waals surface area contributed by atoms with E-state index in [2.05, 4.69) is 146 Å². The monoisotopic (exact) mass is 545 g/mol. The maximum Gasteiger partial charge on any atom is 0.124 e. The summed E-state index contributed by atoms with van der Waals surface area (Å²) in [6.45, 7) is 0. The minimum atomic E-state index is -0.688. The van der Waals surface area contributed by atoms with Crippen LogP contribution in [0.5, 0.6) is 0 Å². The van der Waals surface area contributed by atoms with Crippen molar-refractivity contribution in [1.82, 2.24) is 4.98 Å². The highest BCUT2D eigenvalue weighted by Crippen LogP contribution is 2.56. The normalized spacial score (nSPS) is 11.5.